The average Bonchev–Trinajstić information content (AvgIpc) is 2.58. The Morgan fingerprint density at radius 3 is 2.12 bits per heavy atom. The molecule has 0 spiro atoms. The maximum atomic E-state index is 12.0. The van der Waals surface area contributed by atoms with Gasteiger partial charge in [-0.2, -0.15) is 24.9 Å². The maximum Gasteiger partial charge on any atom is 0.389 e. The molecule has 0 aromatic carbocycles. The van der Waals surface area contributed by atoms with Gasteiger partial charge >= 0.3 is 6.18 Å². The molecule has 0 bridgehead atoms. The minimum atomic E-state index is -4.04. The zero-order valence-electron chi connectivity index (χ0n) is 16.2. The Hall–Kier alpha value is -0.430. The van der Waals surface area contributed by atoms with E-state index in [1.165, 1.54) is 11.8 Å². The van der Waals surface area contributed by atoms with Crippen molar-refractivity contribution >= 4 is 17.7 Å². The first kappa shape index (κ1) is 25.6. The number of halogens is 3. The third kappa shape index (κ3) is 18.4. The van der Waals surface area contributed by atoms with Crippen molar-refractivity contribution < 1.29 is 23.1 Å². The number of aliphatic hydroxyl groups excluding tert-OH is 1. The van der Waals surface area contributed by atoms with Crippen LogP contribution >= 0.6 is 11.8 Å². The van der Waals surface area contributed by atoms with Gasteiger partial charge in [0.15, 0.2) is 0 Å². The quantitative estimate of drug-likeness (QED) is 0.332. The number of carbonyl (C=O) groups is 1. The van der Waals surface area contributed by atoms with E-state index in [0.717, 1.165) is 76.5 Å². The summed E-state index contributed by atoms with van der Waals surface area (Å²) in [6.07, 6.45) is 5.93. The molecule has 0 aliphatic heterocycles. The van der Waals surface area contributed by atoms with Gasteiger partial charge in [-0.3, -0.25) is 4.79 Å². The third-order valence-electron chi connectivity index (χ3n) is 4.29. The number of thioether (sulfide) groups is 1. The number of rotatable bonds is 17. The minimum Gasteiger partial charge on any atom is -0.396 e. The summed E-state index contributed by atoms with van der Waals surface area (Å²) in [6, 6.07) is 0. The SMILES string of the molecule is CN(CCCCCCCCO)C(=O)CCCCCCSCCC(F)(F)F. The van der Waals surface area contributed by atoms with Gasteiger partial charge in [0.1, 0.15) is 0 Å². The molecule has 0 fully saturated rings. The van der Waals surface area contributed by atoms with Gasteiger partial charge in [-0.1, -0.05) is 38.5 Å². The summed E-state index contributed by atoms with van der Waals surface area (Å²) in [5.74, 6) is 1.10. The zero-order valence-corrected chi connectivity index (χ0v) is 17.0. The molecule has 156 valence electrons. The molecule has 26 heavy (non-hydrogen) atoms. The number of hydrogen-bond acceptors (Lipinski definition) is 3. The molecule has 0 radical (unpaired) electrons. The Labute approximate surface area is 161 Å². The van der Waals surface area contributed by atoms with Crippen LogP contribution in [-0.4, -0.2) is 53.8 Å². The van der Waals surface area contributed by atoms with Gasteiger partial charge in [0, 0.05) is 32.4 Å². The number of aliphatic hydroxyl groups is 1. The van der Waals surface area contributed by atoms with E-state index in [0.29, 0.717) is 6.42 Å². The Bertz CT molecular complexity index is 341. The largest absolute Gasteiger partial charge is 0.396 e. The number of hydrogen-bond donors (Lipinski definition) is 1. The van der Waals surface area contributed by atoms with E-state index in [2.05, 4.69) is 0 Å². The van der Waals surface area contributed by atoms with Gasteiger partial charge in [-0.25, -0.2) is 0 Å². The standard InChI is InChI=1S/C19H36F3NO2S/c1-23(14-9-5-2-3-6-10-15-24)18(25)12-8-4-7-11-16-26-17-13-19(20,21)22/h24H,2-17H2,1H3. The highest BCUT2D eigenvalue weighted by atomic mass is 32.2. The van der Waals surface area contributed by atoms with Crippen LogP contribution in [0.25, 0.3) is 0 Å². The molecule has 0 aliphatic rings. The summed E-state index contributed by atoms with van der Waals surface area (Å²) >= 11 is 1.36. The third-order valence-corrected chi connectivity index (χ3v) is 5.36. The monoisotopic (exact) mass is 399 g/mol. The number of carbonyl (C=O) groups excluding carboxylic acids is 1. The van der Waals surface area contributed by atoms with E-state index >= 15 is 0 Å². The van der Waals surface area contributed by atoms with Gasteiger partial charge in [-0.05, 0) is 31.4 Å². The first-order valence-electron chi connectivity index (χ1n) is 9.86. The van der Waals surface area contributed by atoms with E-state index in [9.17, 15) is 18.0 Å². The summed E-state index contributed by atoms with van der Waals surface area (Å²) in [5, 5.41) is 8.70. The fraction of sp³-hybridized carbons (Fsp3) is 0.947. The molecule has 0 unspecified atom stereocenters. The van der Waals surface area contributed by atoms with Crippen LogP contribution in [0.1, 0.15) is 77.0 Å². The van der Waals surface area contributed by atoms with Crippen LogP contribution in [-0.2, 0) is 4.79 Å². The lowest BCUT2D eigenvalue weighted by atomic mass is 10.1. The summed E-state index contributed by atoms with van der Waals surface area (Å²) in [7, 11) is 1.85. The topological polar surface area (TPSA) is 40.5 Å². The fourth-order valence-electron chi connectivity index (χ4n) is 2.61. The second-order valence-corrected chi connectivity index (χ2v) is 8.03. The van der Waals surface area contributed by atoms with Gasteiger partial charge < -0.3 is 10.0 Å². The molecular weight excluding hydrogens is 363 g/mol. The molecule has 3 nitrogen and oxygen atoms in total. The molecule has 0 atom stereocenters. The van der Waals surface area contributed by atoms with E-state index in [-0.39, 0.29) is 18.3 Å². The maximum absolute atomic E-state index is 12.0. The van der Waals surface area contributed by atoms with Crippen LogP contribution in [0, 0.1) is 0 Å². The van der Waals surface area contributed by atoms with E-state index < -0.39 is 12.6 Å². The summed E-state index contributed by atoms with van der Waals surface area (Å²) < 4.78 is 35.9. The number of alkyl halides is 3. The van der Waals surface area contributed by atoms with Crippen molar-refractivity contribution in [3.05, 3.63) is 0 Å². The van der Waals surface area contributed by atoms with Crippen LogP contribution < -0.4 is 0 Å². The minimum absolute atomic E-state index is 0.147. The lowest BCUT2D eigenvalue weighted by Gasteiger charge is -2.17. The summed E-state index contributed by atoms with van der Waals surface area (Å²) in [4.78, 5) is 13.8. The zero-order chi connectivity index (χ0) is 19.7. The Kier molecular flexibility index (Phi) is 16.4. The molecule has 0 rings (SSSR count). The molecule has 1 amide bonds. The molecule has 1 N–H and O–H groups in total. The van der Waals surface area contributed by atoms with Crippen molar-refractivity contribution in [3.8, 4) is 0 Å². The second-order valence-electron chi connectivity index (χ2n) is 6.80. The van der Waals surface area contributed by atoms with Crippen LogP contribution in [0.15, 0.2) is 0 Å². The fourth-order valence-corrected chi connectivity index (χ4v) is 3.60. The Balaban J connectivity index is 3.39. The van der Waals surface area contributed by atoms with E-state index in [4.69, 9.17) is 5.11 Å². The lowest BCUT2D eigenvalue weighted by Crippen LogP contribution is -2.27. The first-order chi connectivity index (χ1) is 12.4. The predicted molar refractivity (Wildman–Crippen MR) is 104 cm³/mol. The van der Waals surface area contributed by atoms with Crippen LogP contribution in [0.4, 0.5) is 13.2 Å². The predicted octanol–water partition coefficient (Wildman–Crippen LogP) is 5.41. The summed E-state index contributed by atoms with van der Waals surface area (Å²) in [5.41, 5.74) is 0. The Morgan fingerprint density at radius 2 is 1.46 bits per heavy atom. The number of unbranched alkanes of at least 4 members (excludes halogenated alkanes) is 8. The van der Waals surface area contributed by atoms with Crippen molar-refractivity contribution in [1.29, 1.82) is 0 Å². The highest BCUT2D eigenvalue weighted by Gasteiger charge is 2.25. The van der Waals surface area contributed by atoms with Crippen molar-refractivity contribution in [2.75, 3.05) is 31.7 Å². The van der Waals surface area contributed by atoms with Gasteiger partial charge in [0.2, 0.25) is 5.91 Å². The molecule has 0 aromatic rings. The van der Waals surface area contributed by atoms with Crippen LogP contribution in [0.5, 0.6) is 0 Å². The molecule has 0 saturated carbocycles. The molecule has 0 aliphatic carbocycles. The van der Waals surface area contributed by atoms with Crippen molar-refractivity contribution in [2.24, 2.45) is 0 Å². The number of nitrogens with zero attached hydrogens (tertiary/aromatic N) is 1. The molecule has 0 heterocycles. The van der Waals surface area contributed by atoms with Crippen LogP contribution in [0.2, 0.25) is 0 Å². The van der Waals surface area contributed by atoms with Crippen molar-refractivity contribution in [2.45, 2.75) is 83.2 Å². The average molecular weight is 400 g/mol. The van der Waals surface area contributed by atoms with Crippen LogP contribution in [0.3, 0.4) is 0 Å². The van der Waals surface area contributed by atoms with Crippen molar-refractivity contribution in [1.82, 2.24) is 4.90 Å². The highest BCUT2D eigenvalue weighted by molar-refractivity contribution is 7.99. The molecule has 0 saturated heterocycles. The van der Waals surface area contributed by atoms with Gasteiger partial charge in [0.25, 0.3) is 0 Å². The molecule has 0 aromatic heterocycles. The Morgan fingerprint density at radius 1 is 0.885 bits per heavy atom. The van der Waals surface area contributed by atoms with Gasteiger partial charge in [0.05, 0.1) is 6.42 Å². The van der Waals surface area contributed by atoms with E-state index in [1.807, 2.05) is 7.05 Å². The van der Waals surface area contributed by atoms with Crippen molar-refractivity contribution in [3.63, 3.8) is 0 Å². The molecular formula is C19H36F3NO2S. The highest BCUT2D eigenvalue weighted by Crippen LogP contribution is 2.22. The summed E-state index contributed by atoms with van der Waals surface area (Å²) in [6.45, 7) is 1.07. The van der Waals surface area contributed by atoms with E-state index in [1.54, 1.807) is 4.90 Å². The number of amides is 1. The second kappa shape index (κ2) is 16.7. The lowest BCUT2D eigenvalue weighted by molar-refractivity contribution is -0.130. The smallest absolute Gasteiger partial charge is 0.389 e. The molecule has 7 heteroatoms. The van der Waals surface area contributed by atoms with Gasteiger partial charge in [-0.15, -0.1) is 0 Å². The normalized spacial score (nSPS) is 11.7. The first-order valence-corrected chi connectivity index (χ1v) is 11.0.